The number of nitrogens with zero attached hydrogens (tertiary/aromatic N) is 1. The predicted molar refractivity (Wildman–Crippen MR) is 86.1 cm³/mol. The lowest BCUT2D eigenvalue weighted by molar-refractivity contribution is 0.436. The number of nitrogens with one attached hydrogen (secondary N) is 1. The molecule has 0 aliphatic heterocycles. The summed E-state index contributed by atoms with van der Waals surface area (Å²) in [6.07, 6.45) is 2.82. The number of hydrogen-bond donors (Lipinski definition) is 1. The third-order valence-corrected chi connectivity index (χ3v) is 4.62. The van der Waals surface area contributed by atoms with Gasteiger partial charge in [-0.25, -0.2) is 0 Å². The van der Waals surface area contributed by atoms with Gasteiger partial charge in [-0.05, 0) is 34.6 Å². The van der Waals surface area contributed by atoms with E-state index in [1.165, 1.54) is 4.88 Å². The van der Waals surface area contributed by atoms with Crippen LogP contribution >= 0.6 is 27.3 Å². The molecule has 0 amide bonds. The van der Waals surface area contributed by atoms with Crippen molar-refractivity contribution in [2.45, 2.75) is 19.4 Å². The fourth-order valence-corrected chi connectivity index (χ4v) is 3.39. The van der Waals surface area contributed by atoms with Crippen molar-refractivity contribution in [1.82, 2.24) is 10.3 Å². The minimum atomic E-state index is 0.180. The summed E-state index contributed by atoms with van der Waals surface area (Å²) in [7, 11) is 0. The Bertz CT molecular complexity index is 693. The van der Waals surface area contributed by atoms with Crippen LogP contribution < -0.4 is 5.32 Å². The molecule has 20 heavy (non-hydrogen) atoms. The minimum absolute atomic E-state index is 0.180. The molecule has 0 saturated carbocycles. The maximum absolute atomic E-state index is 6.04. The summed E-state index contributed by atoms with van der Waals surface area (Å²) in [5, 5.41) is 4.61. The van der Waals surface area contributed by atoms with Crippen molar-refractivity contribution >= 4 is 38.2 Å². The van der Waals surface area contributed by atoms with E-state index >= 15 is 0 Å². The molecule has 0 aliphatic rings. The standard InChI is InChI=1S/C15H15BrN2OS/c1-2-18-13(7-11-8-17-9-20-11)14-6-10-4-3-5-12(16)15(10)19-14/h3-6,8-9,13,18H,2,7H2,1H3. The van der Waals surface area contributed by atoms with Gasteiger partial charge >= 0.3 is 0 Å². The first kappa shape index (κ1) is 13.8. The highest BCUT2D eigenvalue weighted by molar-refractivity contribution is 9.10. The second-order valence-electron chi connectivity index (χ2n) is 4.59. The fraction of sp³-hybridized carbons (Fsp3) is 0.267. The molecule has 2 aromatic heterocycles. The van der Waals surface area contributed by atoms with E-state index in [1.54, 1.807) is 11.3 Å². The van der Waals surface area contributed by atoms with Gasteiger partial charge in [0.25, 0.3) is 0 Å². The van der Waals surface area contributed by atoms with Crippen molar-refractivity contribution in [2.75, 3.05) is 6.54 Å². The normalized spacial score (nSPS) is 12.9. The van der Waals surface area contributed by atoms with Crippen molar-refractivity contribution < 1.29 is 4.42 Å². The van der Waals surface area contributed by atoms with Gasteiger partial charge in [-0.15, -0.1) is 11.3 Å². The molecule has 2 heterocycles. The predicted octanol–water partition coefficient (Wildman–Crippen LogP) is 4.55. The average Bonchev–Trinajstić information content (AvgIpc) is 3.07. The number of thiazole rings is 1. The van der Waals surface area contributed by atoms with E-state index in [0.717, 1.165) is 34.2 Å². The van der Waals surface area contributed by atoms with E-state index in [9.17, 15) is 0 Å². The van der Waals surface area contributed by atoms with Crippen LogP contribution in [0.5, 0.6) is 0 Å². The van der Waals surface area contributed by atoms with Gasteiger partial charge in [-0.1, -0.05) is 19.1 Å². The van der Waals surface area contributed by atoms with Crippen LogP contribution in [-0.2, 0) is 6.42 Å². The highest BCUT2D eigenvalue weighted by atomic mass is 79.9. The zero-order chi connectivity index (χ0) is 13.9. The second kappa shape index (κ2) is 6.08. The van der Waals surface area contributed by atoms with Gasteiger partial charge in [0.1, 0.15) is 11.3 Å². The molecule has 0 fully saturated rings. The first-order valence-corrected chi connectivity index (χ1v) is 8.24. The number of likely N-dealkylation sites (N-methyl/N-ethyl adjacent to an activating group) is 1. The Labute approximate surface area is 130 Å². The van der Waals surface area contributed by atoms with Gasteiger partial charge in [-0.3, -0.25) is 4.98 Å². The zero-order valence-corrected chi connectivity index (χ0v) is 13.5. The molecule has 0 aliphatic carbocycles. The van der Waals surface area contributed by atoms with E-state index in [4.69, 9.17) is 4.42 Å². The molecule has 1 atom stereocenters. The maximum atomic E-state index is 6.04. The van der Waals surface area contributed by atoms with E-state index in [1.807, 2.05) is 23.8 Å². The van der Waals surface area contributed by atoms with E-state index in [0.29, 0.717) is 0 Å². The van der Waals surface area contributed by atoms with Crippen LogP contribution in [0, 0.1) is 0 Å². The van der Waals surface area contributed by atoms with Crippen molar-refractivity contribution in [3.05, 3.63) is 51.1 Å². The summed E-state index contributed by atoms with van der Waals surface area (Å²) in [6, 6.07) is 8.40. The van der Waals surface area contributed by atoms with Crippen LogP contribution in [0.3, 0.4) is 0 Å². The molecule has 5 heteroatoms. The first-order valence-electron chi connectivity index (χ1n) is 6.56. The van der Waals surface area contributed by atoms with Gasteiger partial charge < -0.3 is 9.73 Å². The van der Waals surface area contributed by atoms with E-state index < -0.39 is 0 Å². The van der Waals surface area contributed by atoms with Crippen LogP contribution in [0.2, 0.25) is 0 Å². The number of fused-ring (bicyclic) bond motifs is 1. The van der Waals surface area contributed by atoms with Crippen LogP contribution in [-0.4, -0.2) is 11.5 Å². The Morgan fingerprint density at radius 1 is 1.45 bits per heavy atom. The average molecular weight is 351 g/mol. The Balaban J connectivity index is 1.94. The van der Waals surface area contributed by atoms with Gasteiger partial charge in [-0.2, -0.15) is 0 Å². The largest absolute Gasteiger partial charge is 0.458 e. The van der Waals surface area contributed by atoms with Crippen LogP contribution in [0.15, 0.2) is 44.9 Å². The van der Waals surface area contributed by atoms with Gasteiger partial charge in [0.15, 0.2) is 0 Å². The van der Waals surface area contributed by atoms with Crippen LogP contribution in [0.4, 0.5) is 0 Å². The monoisotopic (exact) mass is 350 g/mol. The lowest BCUT2D eigenvalue weighted by Crippen LogP contribution is -2.22. The zero-order valence-electron chi connectivity index (χ0n) is 11.1. The fourth-order valence-electron chi connectivity index (χ4n) is 2.28. The molecule has 104 valence electrons. The summed E-state index contributed by atoms with van der Waals surface area (Å²) in [5.41, 5.74) is 2.78. The lowest BCUT2D eigenvalue weighted by atomic mass is 10.1. The highest BCUT2D eigenvalue weighted by Crippen LogP contribution is 2.31. The minimum Gasteiger partial charge on any atom is -0.458 e. The Morgan fingerprint density at radius 2 is 2.35 bits per heavy atom. The quantitative estimate of drug-likeness (QED) is 0.733. The summed E-state index contributed by atoms with van der Waals surface area (Å²) >= 11 is 5.22. The van der Waals surface area contributed by atoms with Crippen LogP contribution in [0.25, 0.3) is 11.0 Å². The molecule has 1 N–H and O–H groups in total. The van der Waals surface area contributed by atoms with Gasteiger partial charge in [0.05, 0.1) is 16.0 Å². The molecule has 1 unspecified atom stereocenters. The van der Waals surface area contributed by atoms with Crippen molar-refractivity contribution in [2.24, 2.45) is 0 Å². The summed E-state index contributed by atoms with van der Waals surface area (Å²) in [4.78, 5) is 5.40. The Kier molecular flexibility index (Phi) is 4.19. The van der Waals surface area contributed by atoms with E-state index in [-0.39, 0.29) is 6.04 Å². The number of furan rings is 1. The summed E-state index contributed by atoms with van der Waals surface area (Å²) in [5.74, 6) is 0.974. The molecule has 1 aromatic carbocycles. The van der Waals surface area contributed by atoms with Gasteiger partial charge in [0.2, 0.25) is 0 Å². The molecule has 0 saturated heterocycles. The number of aromatic nitrogens is 1. The number of benzene rings is 1. The van der Waals surface area contributed by atoms with E-state index in [2.05, 4.69) is 45.3 Å². The highest BCUT2D eigenvalue weighted by Gasteiger charge is 2.17. The molecule has 0 radical (unpaired) electrons. The number of hydrogen-bond acceptors (Lipinski definition) is 4. The van der Waals surface area contributed by atoms with Crippen molar-refractivity contribution in [3.63, 3.8) is 0 Å². The maximum Gasteiger partial charge on any atom is 0.148 e. The number of halogens is 1. The summed E-state index contributed by atoms with van der Waals surface area (Å²) in [6.45, 7) is 3.01. The van der Waals surface area contributed by atoms with Crippen molar-refractivity contribution in [1.29, 1.82) is 0 Å². The lowest BCUT2D eigenvalue weighted by Gasteiger charge is -2.14. The van der Waals surface area contributed by atoms with Crippen LogP contribution in [0.1, 0.15) is 23.6 Å². The van der Waals surface area contributed by atoms with Crippen molar-refractivity contribution in [3.8, 4) is 0 Å². The Hall–Kier alpha value is -1.17. The van der Waals surface area contributed by atoms with Gasteiger partial charge in [0, 0.05) is 22.9 Å². The molecule has 3 aromatic rings. The molecular formula is C15H15BrN2OS. The SMILES string of the molecule is CCNC(Cc1cncs1)c1cc2cccc(Br)c2o1. The molecule has 0 spiro atoms. The first-order chi connectivity index (χ1) is 9.78. The molecule has 3 nitrogen and oxygen atoms in total. The number of rotatable bonds is 5. The number of para-hydroxylation sites is 1. The second-order valence-corrected chi connectivity index (χ2v) is 6.41. The topological polar surface area (TPSA) is 38.1 Å². The third-order valence-electron chi connectivity index (χ3n) is 3.20. The smallest absolute Gasteiger partial charge is 0.148 e. The summed E-state index contributed by atoms with van der Waals surface area (Å²) < 4.78 is 7.03. The third kappa shape index (κ3) is 2.80. The molecule has 3 rings (SSSR count). The molecule has 0 bridgehead atoms. The molecular weight excluding hydrogens is 336 g/mol. The Morgan fingerprint density at radius 3 is 3.05 bits per heavy atom.